The fraction of sp³-hybridized carbons (Fsp3) is 0.381. The zero-order valence-corrected chi connectivity index (χ0v) is 18.0. The van der Waals surface area contributed by atoms with Crippen molar-refractivity contribution in [1.82, 2.24) is 0 Å². The Morgan fingerprint density at radius 2 is 1.77 bits per heavy atom. The molecular formula is C21H30N2OS2. The van der Waals surface area contributed by atoms with Gasteiger partial charge in [0.05, 0.1) is 5.69 Å². The Balaban J connectivity index is 0.000000791. The van der Waals surface area contributed by atoms with Gasteiger partial charge in [0.2, 0.25) is 0 Å². The van der Waals surface area contributed by atoms with Crippen LogP contribution < -0.4 is 10.0 Å². The molecule has 1 heterocycles. The molecule has 0 atom stereocenters. The van der Waals surface area contributed by atoms with Crippen LogP contribution in [0.4, 0.5) is 5.69 Å². The molecule has 0 aliphatic carbocycles. The average Bonchev–Trinajstić information content (AvgIpc) is 2.81. The predicted molar refractivity (Wildman–Crippen MR) is 117 cm³/mol. The summed E-state index contributed by atoms with van der Waals surface area (Å²) in [5.41, 5.74) is 6.38. The van der Waals surface area contributed by atoms with Gasteiger partial charge < -0.3 is 10.0 Å². The van der Waals surface area contributed by atoms with Crippen LogP contribution in [0.15, 0.2) is 58.3 Å². The molecule has 2 aromatic carbocycles. The van der Waals surface area contributed by atoms with Crippen molar-refractivity contribution in [2.75, 3.05) is 17.9 Å². The van der Waals surface area contributed by atoms with Crippen molar-refractivity contribution in [2.45, 2.75) is 48.7 Å². The molecular weight excluding hydrogens is 360 g/mol. The fourth-order valence-electron chi connectivity index (χ4n) is 2.43. The molecule has 3 rings (SSSR count). The van der Waals surface area contributed by atoms with Gasteiger partial charge in [0.1, 0.15) is 6.29 Å². The van der Waals surface area contributed by atoms with Crippen LogP contribution in [0, 0.1) is 0 Å². The van der Waals surface area contributed by atoms with E-state index in [2.05, 4.69) is 54.2 Å². The molecule has 0 spiro atoms. The van der Waals surface area contributed by atoms with E-state index in [0.717, 1.165) is 30.5 Å². The SMILES string of the molecule is CC.CC1(C)CCN(Sc2ccccc2)c2cc(C=O)ccc2S1.CN. The Bertz CT molecular complexity index is 675. The zero-order chi connectivity index (χ0) is 19.6. The minimum Gasteiger partial charge on any atom is -0.333 e. The van der Waals surface area contributed by atoms with Crippen LogP contribution in [-0.4, -0.2) is 24.6 Å². The van der Waals surface area contributed by atoms with Gasteiger partial charge in [-0.1, -0.05) is 52.0 Å². The Morgan fingerprint density at radius 1 is 1.12 bits per heavy atom. The summed E-state index contributed by atoms with van der Waals surface area (Å²) in [6, 6.07) is 16.4. The lowest BCUT2D eigenvalue weighted by molar-refractivity contribution is 0.112. The van der Waals surface area contributed by atoms with Gasteiger partial charge in [-0.15, -0.1) is 11.8 Å². The predicted octanol–water partition coefficient (Wildman–Crippen LogP) is 5.89. The summed E-state index contributed by atoms with van der Waals surface area (Å²) < 4.78 is 2.52. The van der Waals surface area contributed by atoms with E-state index < -0.39 is 0 Å². The van der Waals surface area contributed by atoms with Crippen LogP contribution in [0.25, 0.3) is 0 Å². The number of thioether (sulfide) groups is 1. The molecule has 142 valence electrons. The van der Waals surface area contributed by atoms with Crippen molar-refractivity contribution in [2.24, 2.45) is 5.73 Å². The number of aldehydes is 1. The highest BCUT2D eigenvalue weighted by atomic mass is 32.2. The van der Waals surface area contributed by atoms with Crippen LogP contribution in [0.2, 0.25) is 0 Å². The van der Waals surface area contributed by atoms with Gasteiger partial charge in [0, 0.05) is 26.6 Å². The first-order chi connectivity index (χ1) is 12.6. The normalized spacial score (nSPS) is 14.6. The molecule has 0 bridgehead atoms. The lowest BCUT2D eigenvalue weighted by Crippen LogP contribution is -2.21. The maximum Gasteiger partial charge on any atom is 0.150 e. The van der Waals surface area contributed by atoms with Crippen molar-refractivity contribution < 1.29 is 4.79 Å². The van der Waals surface area contributed by atoms with Crippen LogP contribution in [0.1, 0.15) is 44.5 Å². The Hall–Kier alpha value is -1.43. The number of carbonyl (C=O) groups excluding carboxylic acids is 1. The number of rotatable bonds is 3. The minimum atomic E-state index is 0.198. The van der Waals surface area contributed by atoms with Gasteiger partial charge in [0.15, 0.2) is 0 Å². The third-order valence-electron chi connectivity index (χ3n) is 3.65. The molecule has 1 aliphatic heterocycles. The molecule has 0 amide bonds. The van der Waals surface area contributed by atoms with E-state index in [1.54, 1.807) is 11.9 Å². The Labute approximate surface area is 166 Å². The standard InChI is InChI=1S/C18H19NOS2.C2H6.CH5N/c1-18(2)10-11-19(22-15-6-4-3-5-7-15)16-12-14(13-20)8-9-17(16)21-18;2*1-2/h3-9,12-13H,10-11H2,1-2H3;1-2H3;2H2,1H3. The number of hydrogen-bond donors (Lipinski definition) is 1. The molecule has 3 nitrogen and oxygen atoms in total. The molecule has 0 radical (unpaired) electrons. The van der Waals surface area contributed by atoms with Gasteiger partial charge in [-0.3, -0.25) is 4.79 Å². The molecule has 2 aromatic rings. The van der Waals surface area contributed by atoms with Gasteiger partial charge >= 0.3 is 0 Å². The largest absolute Gasteiger partial charge is 0.333 e. The van der Waals surface area contributed by atoms with Gasteiger partial charge in [-0.25, -0.2) is 0 Å². The van der Waals surface area contributed by atoms with E-state index >= 15 is 0 Å². The molecule has 5 heteroatoms. The summed E-state index contributed by atoms with van der Waals surface area (Å²) in [7, 11) is 1.50. The van der Waals surface area contributed by atoms with E-state index in [9.17, 15) is 4.79 Å². The first-order valence-corrected chi connectivity index (χ1v) is 10.5. The zero-order valence-electron chi connectivity index (χ0n) is 16.4. The summed E-state index contributed by atoms with van der Waals surface area (Å²) in [4.78, 5) is 13.6. The quantitative estimate of drug-likeness (QED) is 0.523. The number of benzene rings is 2. The lowest BCUT2D eigenvalue weighted by Gasteiger charge is -2.24. The van der Waals surface area contributed by atoms with Gasteiger partial charge in [0.25, 0.3) is 0 Å². The van der Waals surface area contributed by atoms with Crippen molar-refractivity contribution in [3.05, 3.63) is 54.1 Å². The summed E-state index contributed by atoms with van der Waals surface area (Å²) in [5, 5.41) is 0. The molecule has 0 saturated heterocycles. The highest BCUT2D eigenvalue weighted by molar-refractivity contribution is 8.02. The molecule has 0 unspecified atom stereocenters. The highest BCUT2D eigenvalue weighted by Crippen LogP contribution is 2.46. The van der Waals surface area contributed by atoms with Crippen LogP contribution in [-0.2, 0) is 0 Å². The smallest absolute Gasteiger partial charge is 0.150 e. The average molecular weight is 391 g/mol. The molecule has 2 N–H and O–H groups in total. The Morgan fingerprint density at radius 3 is 2.38 bits per heavy atom. The first kappa shape index (κ1) is 22.6. The number of anilines is 1. The number of fused-ring (bicyclic) bond motifs is 1. The van der Waals surface area contributed by atoms with Gasteiger partial charge in [-0.2, -0.15) is 0 Å². The second-order valence-electron chi connectivity index (χ2n) is 5.96. The minimum absolute atomic E-state index is 0.198. The van der Waals surface area contributed by atoms with Crippen LogP contribution in [0.5, 0.6) is 0 Å². The third kappa shape index (κ3) is 6.38. The van der Waals surface area contributed by atoms with Gasteiger partial charge in [-0.05, 0) is 49.7 Å². The summed E-state index contributed by atoms with van der Waals surface area (Å²) in [5.74, 6) is 0. The van der Waals surface area contributed by atoms with Crippen molar-refractivity contribution in [3.8, 4) is 0 Å². The van der Waals surface area contributed by atoms with E-state index in [4.69, 9.17) is 0 Å². The number of hydrogen-bond acceptors (Lipinski definition) is 5. The molecule has 0 aromatic heterocycles. The molecule has 26 heavy (non-hydrogen) atoms. The number of nitrogens with zero attached hydrogens (tertiary/aromatic N) is 1. The maximum absolute atomic E-state index is 11.1. The van der Waals surface area contributed by atoms with E-state index in [1.165, 1.54) is 16.8 Å². The second-order valence-corrected chi connectivity index (χ2v) is 8.81. The number of nitrogens with two attached hydrogens (primary N) is 1. The maximum atomic E-state index is 11.1. The fourth-order valence-corrected chi connectivity index (χ4v) is 4.65. The summed E-state index contributed by atoms with van der Waals surface area (Å²) in [6.45, 7) is 9.53. The highest BCUT2D eigenvalue weighted by Gasteiger charge is 2.28. The topological polar surface area (TPSA) is 46.3 Å². The third-order valence-corrected chi connectivity index (χ3v) is 6.05. The van der Waals surface area contributed by atoms with Crippen molar-refractivity contribution in [1.29, 1.82) is 0 Å². The van der Waals surface area contributed by atoms with Crippen molar-refractivity contribution >= 4 is 35.7 Å². The molecule has 1 aliphatic rings. The first-order valence-electron chi connectivity index (χ1n) is 8.94. The molecule has 0 fully saturated rings. The Kier molecular flexibility index (Phi) is 9.84. The summed E-state index contributed by atoms with van der Waals surface area (Å²) in [6.07, 6.45) is 2.02. The van der Waals surface area contributed by atoms with Crippen LogP contribution >= 0.6 is 23.7 Å². The van der Waals surface area contributed by atoms with Crippen molar-refractivity contribution in [3.63, 3.8) is 0 Å². The van der Waals surface area contributed by atoms with E-state index in [1.807, 2.05) is 43.8 Å². The van der Waals surface area contributed by atoms with E-state index in [0.29, 0.717) is 0 Å². The van der Waals surface area contributed by atoms with E-state index in [-0.39, 0.29) is 4.75 Å². The summed E-state index contributed by atoms with van der Waals surface area (Å²) >= 11 is 3.64. The monoisotopic (exact) mass is 390 g/mol. The van der Waals surface area contributed by atoms with Crippen LogP contribution in [0.3, 0.4) is 0 Å². The molecule has 0 saturated carbocycles. The lowest BCUT2D eigenvalue weighted by atomic mass is 10.1. The number of carbonyl (C=O) groups is 1. The second kappa shape index (κ2) is 11.3.